The normalized spacial score (nSPS) is 12.4. The van der Waals surface area contributed by atoms with Gasteiger partial charge in [-0.2, -0.15) is 0 Å². The number of benzene rings is 1. The monoisotopic (exact) mass is 325 g/mol. The van der Waals surface area contributed by atoms with Gasteiger partial charge in [0.05, 0.1) is 13.2 Å². The molecule has 0 saturated heterocycles. The Hall–Kier alpha value is -0.840. The second kappa shape index (κ2) is 6.36. The Morgan fingerprint density at radius 3 is 2.83 bits per heavy atom. The molecule has 0 bridgehead atoms. The molecule has 1 N–H and O–H groups in total. The van der Waals surface area contributed by atoms with E-state index in [4.69, 9.17) is 4.74 Å². The summed E-state index contributed by atoms with van der Waals surface area (Å²) in [7, 11) is 1.70. The third-order valence-corrected chi connectivity index (χ3v) is 4.47. The van der Waals surface area contributed by atoms with Gasteiger partial charge in [0.1, 0.15) is 5.75 Å². The lowest BCUT2D eigenvalue weighted by atomic mass is 10.1. The Labute approximate surface area is 120 Å². The summed E-state index contributed by atoms with van der Waals surface area (Å²) in [5.74, 6) is 0.894. The summed E-state index contributed by atoms with van der Waals surface area (Å²) < 4.78 is 6.42. The maximum absolute atomic E-state index is 5.29. The molecular weight excluding hydrogens is 310 g/mol. The Bertz CT molecular complexity index is 512. The number of thiophene rings is 1. The average Bonchev–Trinajstić information content (AvgIpc) is 2.82. The standard InChI is InChI=1S/C14H16BrNOS/c1-3-16-14(13-8-11(15)9-18-13)10-5-4-6-12(7-10)17-2/h4-9,14,16H,3H2,1-2H3. The highest BCUT2D eigenvalue weighted by Gasteiger charge is 2.15. The molecule has 0 saturated carbocycles. The minimum Gasteiger partial charge on any atom is -0.497 e. The largest absolute Gasteiger partial charge is 0.497 e. The molecule has 0 fully saturated rings. The van der Waals surface area contributed by atoms with E-state index in [1.165, 1.54) is 10.4 Å². The van der Waals surface area contributed by atoms with Gasteiger partial charge < -0.3 is 10.1 Å². The first-order valence-corrected chi connectivity index (χ1v) is 7.53. The van der Waals surface area contributed by atoms with Crippen molar-refractivity contribution in [1.82, 2.24) is 5.32 Å². The topological polar surface area (TPSA) is 21.3 Å². The van der Waals surface area contributed by atoms with Crippen molar-refractivity contribution in [3.8, 4) is 5.75 Å². The molecule has 1 heterocycles. The third-order valence-electron chi connectivity index (χ3n) is 2.71. The first-order chi connectivity index (χ1) is 8.74. The van der Waals surface area contributed by atoms with Gasteiger partial charge in [-0.05, 0) is 46.2 Å². The van der Waals surface area contributed by atoms with E-state index in [0.717, 1.165) is 16.8 Å². The highest BCUT2D eigenvalue weighted by molar-refractivity contribution is 9.10. The average molecular weight is 326 g/mol. The van der Waals surface area contributed by atoms with Crippen LogP contribution in [0.3, 0.4) is 0 Å². The fraction of sp³-hybridized carbons (Fsp3) is 0.286. The van der Waals surface area contributed by atoms with Crippen LogP contribution in [-0.2, 0) is 0 Å². The summed E-state index contributed by atoms with van der Waals surface area (Å²) in [5.41, 5.74) is 1.23. The number of methoxy groups -OCH3 is 1. The second-order valence-corrected chi connectivity index (χ2v) is 5.79. The van der Waals surface area contributed by atoms with Gasteiger partial charge in [-0.25, -0.2) is 0 Å². The molecule has 0 radical (unpaired) electrons. The highest BCUT2D eigenvalue weighted by Crippen LogP contribution is 2.31. The first-order valence-electron chi connectivity index (χ1n) is 5.86. The lowest BCUT2D eigenvalue weighted by Crippen LogP contribution is -2.21. The Morgan fingerprint density at radius 2 is 2.22 bits per heavy atom. The van der Waals surface area contributed by atoms with Crippen molar-refractivity contribution >= 4 is 27.3 Å². The van der Waals surface area contributed by atoms with Gasteiger partial charge in [-0.15, -0.1) is 11.3 Å². The van der Waals surface area contributed by atoms with Gasteiger partial charge in [0.2, 0.25) is 0 Å². The van der Waals surface area contributed by atoms with Crippen LogP contribution < -0.4 is 10.1 Å². The van der Waals surface area contributed by atoms with E-state index in [2.05, 4.69) is 51.7 Å². The van der Waals surface area contributed by atoms with Crippen LogP contribution in [-0.4, -0.2) is 13.7 Å². The SMILES string of the molecule is CCNC(c1cccc(OC)c1)c1cc(Br)cs1. The Balaban J connectivity index is 2.34. The zero-order valence-electron chi connectivity index (χ0n) is 10.4. The fourth-order valence-corrected chi connectivity index (χ4v) is 3.43. The van der Waals surface area contributed by atoms with E-state index >= 15 is 0 Å². The minimum absolute atomic E-state index is 0.224. The number of nitrogens with one attached hydrogen (secondary N) is 1. The van der Waals surface area contributed by atoms with Crippen molar-refractivity contribution in [2.75, 3.05) is 13.7 Å². The lowest BCUT2D eigenvalue weighted by Gasteiger charge is -2.17. The predicted octanol–water partition coefficient (Wildman–Crippen LogP) is 4.22. The molecule has 0 aliphatic heterocycles. The number of rotatable bonds is 5. The maximum atomic E-state index is 5.29. The summed E-state index contributed by atoms with van der Waals surface area (Å²) in [6.07, 6.45) is 0. The molecule has 0 aliphatic carbocycles. The predicted molar refractivity (Wildman–Crippen MR) is 80.5 cm³/mol. The summed E-state index contributed by atoms with van der Waals surface area (Å²) in [6.45, 7) is 3.05. The zero-order chi connectivity index (χ0) is 13.0. The molecule has 1 aromatic heterocycles. The summed E-state index contributed by atoms with van der Waals surface area (Å²) in [6, 6.07) is 10.6. The van der Waals surface area contributed by atoms with E-state index in [9.17, 15) is 0 Å². The van der Waals surface area contributed by atoms with Gasteiger partial charge in [0, 0.05) is 14.7 Å². The van der Waals surface area contributed by atoms with Crippen LogP contribution in [0.4, 0.5) is 0 Å². The third kappa shape index (κ3) is 3.13. The fourth-order valence-electron chi connectivity index (χ4n) is 1.89. The van der Waals surface area contributed by atoms with Crippen molar-refractivity contribution in [2.45, 2.75) is 13.0 Å². The maximum Gasteiger partial charge on any atom is 0.119 e. The van der Waals surface area contributed by atoms with Crippen molar-refractivity contribution in [3.05, 3.63) is 50.6 Å². The summed E-state index contributed by atoms with van der Waals surface area (Å²) >= 11 is 5.27. The van der Waals surface area contributed by atoms with Crippen LogP contribution >= 0.6 is 27.3 Å². The van der Waals surface area contributed by atoms with Crippen molar-refractivity contribution < 1.29 is 4.74 Å². The van der Waals surface area contributed by atoms with E-state index < -0.39 is 0 Å². The van der Waals surface area contributed by atoms with E-state index in [0.29, 0.717) is 0 Å². The molecule has 1 unspecified atom stereocenters. The van der Waals surface area contributed by atoms with Crippen LogP contribution in [0.25, 0.3) is 0 Å². The van der Waals surface area contributed by atoms with Crippen LogP contribution in [0.5, 0.6) is 5.75 Å². The molecule has 2 aromatic rings. The number of hydrogen-bond donors (Lipinski definition) is 1. The van der Waals surface area contributed by atoms with Gasteiger partial charge in [-0.1, -0.05) is 19.1 Å². The zero-order valence-corrected chi connectivity index (χ0v) is 12.8. The molecule has 0 amide bonds. The van der Waals surface area contributed by atoms with Crippen molar-refractivity contribution in [1.29, 1.82) is 0 Å². The minimum atomic E-state index is 0.224. The van der Waals surface area contributed by atoms with Gasteiger partial charge >= 0.3 is 0 Å². The molecule has 0 aliphatic rings. The number of hydrogen-bond acceptors (Lipinski definition) is 3. The molecule has 1 atom stereocenters. The summed E-state index contributed by atoms with van der Waals surface area (Å²) in [4.78, 5) is 1.30. The van der Waals surface area contributed by atoms with Gasteiger partial charge in [-0.3, -0.25) is 0 Å². The van der Waals surface area contributed by atoms with Crippen LogP contribution in [0.2, 0.25) is 0 Å². The first kappa shape index (κ1) is 13.6. The van der Waals surface area contributed by atoms with Crippen molar-refractivity contribution in [3.63, 3.8) is 0 Å². The van der Waals surface area contributed by atoms with Gasteiger partial charge in [0.15, 0.2) is 0 Å². The highest BCUT2D eigenvalue weighted by atomic mass is 79.9. The van der Waals surface area contributed by atoms with Crippen LogP contribution in [0.1, 0.15) is 23.4 Å². The Kier molecular flexibility index (Phi) is 4.80. The molecule has 0 spiro atoms. The second-order valence-electron chi connectivity index (χ2n) is 3.93. The molecule has 1 aromatic carbocycles. The molecular formula is C14H16BrNOS. The molecule has 4 heteroatoms. The number of ether oxygens (including phenoxy) is 1. The smallest absolute Gasteiger partial charge is 0.119 e. The quantitative estimate of drug-likeness (QED) is 0.888. The van der Waals surface area contributed by atoms with E-state index in [-0.39, 0.29) is 6.04 Å². The number of halogens is 1. The molecule has 2 nitrogen and oxygen atoms in total. The van der Waals surface area contributed by atoms with E-state index in [1.807, 2.05) is 12.1 Å². The van der Waals surface area contributed by atoms with Gasteiger partial charge in [0.25, 0.3) is 0 Å². The molecule has 2 rings (SSSR count). The van der Waals surface area contributed by atoms with Crippen LogP contribution in [0, 0.1) is 0 Å². The molecule has 96 valence electrons. The Morgan fingerprint density at radius 1 is 1.39 bits per heavy atom. The summed E-state index contributed by atoms with van der Waals surface area (Å²) in [5, 5.41) is 5.62. The molecule has 18 heavy (non-hydrogen) atoms. The van der Waals surface area contributed by atoms with E-state index in [1.54, 1.807) is 18.4 Å². The van der Waals surface area contributed by atoms with Crippen LogP contribution in [0.15, 0.2) is 40.2 Å². The van der Waals surface area contributed by atoms with Crippen molar-refractivity contribution in [2.24, 2.45) is 0 Å². The lowest BCUT2D eigenvalue weighted by molar-refractivity contribution is 0.413.